The van der Waals surface area contributed by atoms with Gasteiger partial charge in [-0.15, -0.1) is 0 Å². The molecule has 17 rings (SSSR count). The van der Waals surface area contributed by atoms with E-state index >= 15 is 0 Å². The second-order valence-electron chi connectivity index (χ2n) is 52.8. The van der Waals surface area contributed by atoms with E-state index in [1.165, 1.54) is 450 Å². The summed E-state index contributed by atoms with van der Waals surface area (Å²) in [5.74, 6) is 12.4. The maximum Gasteiger partial charge on any atom is 0.123 e. The summed E-state index contributed by atoms with van der Waals surface area (Å²) < 4.78 is 0. The van der Waals surface area contributed by atoms with Gasteiger partial charge in [0, 0.05) is 111 Å². The number of hydrogen-bond donors (Lipinski definition) is 6. The monoisotopic (exact) mass is 2070 g/mol. The van der Waals surface area contributed by atoms with Gasteiger partial charge in [0.15, 0.2) is 0 Å². The van der Waals surface area contributed by atoms with Crippen LogP contribution in [0, 0.1) is 0 Å². The van der Waals surface area contributed by atoms with E-state index in [1.807, 2.05) is 0 Å². The van der Waals surface area contributed by atoms with Crippen molar-refractivity contribution in [2.24, 2.45) is 0 Å². The van der Waals surface area contributed by atoms with E-state index in [-0.39, 0.29) is 32.5 Å². The highest BCUT2D eigenvalue weighted by molar-refractivity contribution is 8.04. The predicted octanol–water partition coefficient (Wildman–Crippen LogP) is 41.0. The second kappa shape index (κ2) is 53.9. The summed E-state index contributed by atoms with van der Waals surface area (Å²) in [4.78, 5) is 0. The molecule has 0 amide bonds. The summed E-state index contributed by atoms with van der Waals surface area (Å²) in [7, 11) is 0. The van der Waals surface area contributed by atoms with E-state index in [2.05, 4.69) is 240 Å². The lowest BCUT2D eigenvalue weighted by Gasteiger charge is -2.37. The molecule has 144 heavy (non-hydrogen) atoms. The third kappa shape index (κ3) is 31.1. The first-order valence-electron chi connectivity index (χ1n) is 60.0. The van der Waals surface area contributed by atoms with Gasteiger partial charge in [-0.2, -0.15) is 70.6 Å². The van der Waals surface area contributed by atoms with Gasteiger partial charge in [-0.1, -0.05) is 401 Å². The molecule has 11 aliphatic rings. The first-order chi connectivity index (χ1) is 69.2. The zero-order chi connectivity index (χ0) is 102. The molecule has 0 saturated heterocycles. The Balaban J connectivity index is 0.000000163. The molecule has 6 N–H and O–H groups in total. The number of aromatic hydroxyl groups is 6. The van der Waals surface area contributed by atoms with Crippen molar-refractivity contribution in [2.75, 3.05) is 0 Å². The van der Waals surface area contributed by atoms with Crippen LogP contribution in [0.15, 0.2) is 72.8 Å². The number of thioether (sulfide) groups is 6. The lowest BCUT2D eigenvalue weighted by Crippen LogP contribution is -2.27. The maximum absolute atomic E-state index is 11.9. The van der Waals surface area contributed by atoms with E-state index in [0.717, 1.165) is 56.8 Å². The van der Waals surface area contributed by atoms with Crippen LogP contribution in [0.25, 0.3) is 0 Å². The maximum atomic E-state index is 11.9. The van der Waals surface area contributed by atoms with E-state index < -0.39 is 0 Å². The smallest absolute Gasteiger partial charge is 0.123 e. The van der Waals surface area contributed by atoms with Gasteiger partial charge in [0.2, 0.25) is 0 Å². The molecule has 6 nitrogen and oxygen atoms in total. The Morgan fingerprint density at radius 1 is 0.201 bits per heavy atom. The molecule has 11 aliphatic carbocycles. The largest absolute Gasteiger partial charge is 0.507 e. The van der Waals surface area contributed by atoms with Crippen LogP contribution in [-0.2, 0) is 67.0 Å². The van der Waals surface area contributed by atoms with Gasteiger partial charge in [-0.25, -0.2) is 0 Å². The number of phenolic OH excluding ortho intramolecular Hbond substituents is 6. The highest BCUT2D eigenvalue weighted by Crippen LogP contribution is 2.56. The fourth-order valence-corrected chi connectivity index (χ4v) is 36.8. The Kier molecular flexibility index (Phi) is 42.7. The average molecular weight is 2080 g/mol. The van der Waals surface area contributed by atoms with Crippen molar-refractivity contribution < 1.29 is 30.6 Å². The summed E-state index contributed by atoms with van der Waals surface area (Å²) in [6.07, 6.45) is 74.8. The molecule has 11 saturated carbocycles. The lowest BCUT2D eigenvalue weighted by molar-refractivity contribution is 0.307. The third-order valence-corrected chi connectivity index (χ3v) is 46.8. The van der Waals surface area contributed by atoms with Gasteiger partial charge in [-0.3, -0.25) is 0 Å². The molecule has 6 aromatic carbocycles. The van der Waals surface area contributed by atoms with Gasteiger partial charge >= 0.3 is 0 Å². The molecule has 800 valence electrons. The number of benzene rings is 6. The van der Waals surface area contributed by atoms with E-state index in [4.69, 9.17) is 0 Å². The lowest BCUT2D eigenvalue weighted by atomic mass is 9.69. The van der Waals surface area contributed by atoms with Crippen LogP contribution >= 0.6 is 70.6 Å². The van der Waals surface area contributed by atoms with Crippen molar-refractivity contribution >= 4 is 70.6 Å². The minimum Gasteiger partial charge on any atom is -0.507 e. The molecule has 0 radical (unpaired) electrons. The summed E-state index contributed by atoms with van der Waals surface area (Å²) in [5.41, 5.74) is 23.3. The van der Waals surface area contributed by atoms with Crippen LogP contribution < -0.4 is 0 Å². The Morgan fingerprint density at radius 2 is 0.375 bits per heavy atom. The zero-order valence-electron chi connectivity index (χ0n) is 93.2. The fraction of sp³-hybridized carbons (Fsp3) is 0.727. The van der Waals surface area contributed by atoms with Crippen molar-refractivity contribution in [3.63, 3.8) is 0 Å². The molecular weight excluding hydrogens is 1870 g/mol. The molecule has 11 fully saturated rings. The quantitative estimate of drug-likeness (QED) is 0.0310. The Labute approximate surface area is 904 Å². The van der Waals surface area contributed by atoms with Gasteiger partial charge in [0.05, 0.1) is 0 Å². The molecule has 12 heteroatoms. The standard InChI is InChI=1S/C46H68O2S2.C44H68O2S2.C42H64O2S2/c47-45-39(27-37(33-17-7-3-8-18-33)29-41(45)35-21-11-5-12-22-35)31-49-43-25-15-1-2-16-26-44(43)50-32-40-28-38(34-19-9-4-10-20-34)30-42(46(40)48)36-23-13-6-14-24-36;1-41(2,3)33-25-31(39(45)35(27-33)43(7)21-15-11-16-22-43)29-47-37-19-13-9-10-14-20-38(37)48-30-32-26-34(42(4,5)6)28-36(40(32)46)44(8)23-17-12-18-24-44;1-41(2,3)33-23-31(39(43)35(25-33)29-17-11-9-12-18-29)27-45-37-21-15-7-8-16-22-38(37)46-28-32-24-34(42(4,5)6)26-36(40(32)44)30-19-13-10-14-20-30/h27-30,33-36,43-44,47-48H,1-26,31-32H2;25-28,37-38,45-46H,9-24,29-30H2,1-8H3;23-26,29-30,37-38,43-44H,7-22,27-28H2,1-6H3/t43-,44?;2*37-,38?/m000/s1. The average Bonchev–Trinajstić information content (AvgIpc) is 0.766. The van der Waals surface area contributed by atoms with Gasteiger partial charge in [-0.05, 0) is 265 Å². The van der Waals surface area contributed by atoms with Crippen LogP contribution in [0.2, 0.25) is 0 Å². The summed E-state index contributed by atoms with van der Waals surface area (Å²) in [6.45, 7) is 32.6. The minimum atomic E-state index is 0.0443. The van der Waals surface area contributed by atoms with E-state index in [1.54, 1.807) is 0 Å². The predicted molar refractivity (Wildman–Crippen MR) is 633 cm³/mol. The SMILES string of the molecule is CC(C)(C)c1cc(CSC2CCCCCC[C@@H]2SCc2cc(C(C)(C)C)cc(C3(C)CCCCC3)c2O)c(O)c(C2(C)CCCCC2)c1.CC(C)(C)c1cc(CSC2CCCCCC[C@@H]2SCc2cc(C(C)(C)C)cc(C3CCCCC3)c2O)c(O)c(C2CCCCC2)c1.Oc1c(CSC2CCCCCC[C@@H]2SCc2cc(C3CCCCC3)cc(C3CCCCC3)c2O)cc(C2CCCCC2)cc1C1CCCCC1. The van der Waals surface area contributed by atoms with Gasteiger partial charge < -0.3 is 30.6 Å². The molecule has 0 aliphatic heterocycles. The molecule has 0 spiro atoms. The summed E-state index contributed by atoms with van der Waals surface area (Å²) in [5, 5.41) is 74.3. The topological polar surface area (TPSA) is 121 Å². The number of rotatable bonds is 26. The molecule has 6 aromatic rings. The van der Waals surface area contributed by atoms with Gasteiger partial charge in [0.1, 0.15) is 34.5 Å². The molecular formula is C132H200O6S6. The highest BCUT2D eigenvalue weighted by Gasteiger charge is 2.40. The Morgan fingerprint density at radius 3 is 0.597 bits per heavy atom. The van der Waals surface area contributed by atoms with Crippen molar-refractivity contribution in [1.82, 2.24) is 0 Å². The number of phenols is 6. The normalized spacial score (nSPS) is 24.1. The molecule has 0 aromatic heterocycles. The van der Waals surface area contributed by atoms with Crippen LogP contribution in [0.3, 0.4) is 0 Å². The zero-order valence-corrected chi connectivity index (χ0v) is 98.1. The van der Waals surface area contributed by atoms with Crippen LogP contribution in [0.4, 0.5) is 0 Å². The molecule has 0 bridgehead atoms. The van der Waals surface area contributed by atoms with Crippen LogP contribution in [0.5, 0.6) is 34.5 Å². The van der Waals surface area contributed by atoms with E-state index in [0.29, 0.717) is 102 Å². The third-order valence-electron chi connectivity index (χ3n) is 37.5. The second-order valence-corrected chi connectivity index (χ2v) is 60.1. The van der Waals surface area contributed by atoms with Crippen LogP contribution in [0.1, 0.15) is 605 Å². The van der Waals surface area contributed by atoms with E-state index in [9.17, 15) is 30.6 Å². The molecule has 0 heterocycles. The summed E-state index contributed by atoms with van der Waals surface area (Å²) >= 11 is 12.7. The van der Waals surface area contributed by atoms with Crippen molar-refractivity contribution in [1.29, 1.82) is 0 Å². The number of hydrogen-bond acceptors (Lipinski definition) is 12. The summed E-state index contributed by atoms with van der Waals surface area (Å²) in [6, 6.07) is 28.5. The highest BCUT2D eigenvalue weighted by atomic mass is 32.2. The fourth-order valence-electron chi connectivity index (χ4n) is 27.6. The molecule has 3 unspecified atom stereocenters. The first-order valence-corrected chi connectivity index (χ1v) is 66.3. The molecule has 6 atom stereocenters. The van der Waals surface area contributed by atoms with Crippen molar-refractivity contribution in [3.8, 4) is 34.5 Å². The van der Waals surface area contributed by atoms with Crippen molar-refractivity contribution in [3.05, 3.63) is 173 Å². The Bertz CT molecular complexity index is 4660. The van der Waals surface area contributed by atoms with Crippen molar-refractivity contribution in [2.45, 2.75) is 603 Å². The minimum absolute atomic E-state index is 0.0443. The van der Waals surface area contributed by atoms with Gasteiger partial charge in [0.25, 0.3) is 0 Å². The first kappa shape index (κ1) is 114. The Hall–Kier alpha value is -3.78. The van der Waals surface area contributed by atoms with Crippen LogP contribution in [-0.4, -0.2) is 62.1 Å².